The van der Waals surface area contributed by atoms with Gasteiger partial charge in [0.2, 0.25) is 0 Å². The number of thioether (sulfide) groups is 1. The van der Waals surface area contributed by atoms with Gasteiger partial charge in [-0.25, -0.2) is 0 Å². The van der Waals surface area contributed by atoms with E-state index in [0.29, 0.717) is 0 Å². The molecule has 2 unspecified atom stereocenters. The molecule has 0 aromatic carbocycles. The van der Waals surface area contributed by atoms with Gasteiger partial charge in [0, 0.05) is 0 Å². The molecule has 1 aliphatic carbocycles. The Bertz CT molecular complexity index is 182. The van der Waals surface area contributed by atoms with Gasteiger partial charge in [0.15, 0.2) is 0 Å². The molecular formula is C15H31NS. The van der Waals surface area contributed by atoms with Crippen LogP contribution in [0.4, 0.5) is 0 Å². The van der Waals surface area contributed by atoms with Gasteiger partial charge in [0.25, 0.3) is 0 Å². The normalized spacial score (nSPS) is 25.4. The van der Waals surface area contributed by atoms with Crippen LogP contribution < -0.4 is 5.32 Å². The highest BCUT2D eigenvalue weighted by atomic mass is 32.2. The first-order valence-corrected chi connectivity index (χ1v) is 8.83. The summed E-state index contributed by atoms with van der Waals surface area (Å²) in [6.45, 7) is 7.05. The van der Waals surface area contributed by atoms with Gasteiger partial charge in [-0.1, -0.05) is 33.1 Å². The fourth-order valence-corrected chi connectivity index (χ4v) is 3.44. The van der Waals surface area contributed by atoms with E-state index in [1.54, 1.807) is 0 Å². The number of rotatable bonds is 8. The van der Waals surface area contributed by atoms with Crippen LogP contribution in [-0.2, 0) is 0 Å². The van der Waals surface area contributed by atoms with Crippen molar-refractivity contribution in [3.8, 4) is 0 Å². The van der Waals surface area contributed by atoms with Gasteiger partial charge >= 0.3 is 0 Å². The van der Waals surface area contributed by atoms with E-state index in [1.807, 2.05) is 11.8 Å². The van der Waals surface area contributed by atoms with Crippen molar-refractivity contribution in [1.82, 2.24) is 5.32 Å². The van der Waals surface area contributed by atoms with Crippen LogP contribution in [0.1, 0.15) is 52.4 Å². The molecule has 0 aliphatic heterocycles. The van der Waals surface area contributed by atoms with Crippen molar-refractivity contribution in [2.75, 3.05) is 25.1 Å². The van der Waals surface area contributed by atoms with E-state index in [4.69, 9.17) is 0 Å². The van der Waals surface area contributed by atoms with E-state index >= 15 is 0 Å². The summed E-state index contributed by atoms with van der Waals surface area (Å²) in [6, 6.07) is 0. The van der Waals surface area contributed by atoms with Crippen LogP contribution in [0.2, 0.25) is 0 Å². The van der Waals surface area contributed by atoms with E-state index in [9.17, 15) is 0 Å². The quantitative estimate of drug-likeness (QED) is 0.655. The second kappa shape index (κ2) is 9.27. The first-order valence-electron chi connectivity index (χ1n) is 7.43. The Morgan fingerprint density at radius 1 is 1.18 bits per heavy atom. The van der Waals surface area contributed by atoms with Crippen LogP contribution in [-0.4, -0.2) is 25.1 Å². The zero-order valence-electron chi connectivity index (χ0n) is 12.0. The largest absolute Gasteiger partial charge is 0.316 e. The first-order chi connectivity index (χ1) is 8.24. The molecule has 1 nitrogen and oxygen atoms in total. The summed E-state index contributed by atoms with van der Waals surface area (Å²) in [6.07, 6.45) is 11.0. The Morgan fingerprint density at radius 2 is 1.88 bits per heavy atom. The molecule has 0 saturated heterocycles. The lowest BCUT2D eigenvalue weighted by Gasteiger charge is -2.32. The van der Waals surface area contributed by atoms with Crippen molar-refractivity contribution >= 4 is 11.8 Å². The molecule has 0 aromatic rings. The predicted molar refractivity (Wildman–Crippen MR) is 80.8 cm³/mol. The summed E-state index contributed by atoms with van der Waals surface area (Å²) in [7, 11) is 0. The lowest BCUT2D eigenvalue weighted by atomic mass is 9.77. The molecular weight excluding hydrogens is 226 g/mol. The van der Waals surface area contributed by atoms with Crippen LogP contribution in [0.5, 0.6) is 0 Å². The molecule has 0 aromatic heterocycles. The summed E-state index contributed by atoms with van der Waals surface area (Å²) >= 11 is 2.00. The highest BCUT2D eigenvalue weighted by Crippen LogP contribution is 2.33. The average Bonchev–Trinajstić information content (AvgIpc) is 2.31. The molecule has 1 N–H and O–H groups in total. The molecule has 1 rings (SSSR count). The third kappa shape index (κ3) is 6.71. The lowest BCUT2D eigenvalue weighted by molar-refractivity contribution is 0.215. The molecule has 2 atom stereocenters. The van der Waals surface area contributed by atoms with Crippen LogP contribution >= 0.6 is 11.8 Å². The maximum Gasteiger partial charge on any atom is -0.00178 e. The average molecular weight is 257 g/mol. The Hall–Kier alpha value is 0.310. The minimum Gasteiger partial charge on any atom is -0.316 e. The van der Waals surface area contributed by atoms with E-state index < -0.39 is 0 Å². The smallest absolute Gasteiger partial charge is 0.00178 e. The van der Waals surface area contributed by atoms with Crippen LogP contribution in [0.15, 0.2) is 0 Å². The zero-order valence-corrected chi connectivity index (χ0v) is 12.8. The Kier molecular flexibility index (Phi) is 8.38. The van der Waals surface area contributed by atoms with Crippen LogP contribution in [0.25, 0.3) is 0 Å². The molecule has 1 saturated carbocycles. The van der Waals surface area contributed by atoms with Crippen molar-refractivity contribution in [2.24, 2.45) is 17.8 Å². The molecule has 0 amide bonds. The Labute approximate surface area is 113 Å². The molecule has 0 heterocycles. The maximum atomic E-state index is 3.67. The van der Waals surface area contributed by atoms with Crippen molar-refractivity contribution in [1.29, 1.82) is 0 Å². The number of hydrogen-bond acceptors (Lipinski definition) is 2. The third-order valence-electron chi connectivity index (χ3n) is 3.95. The van der Waals surface area contributed by atoms with Gasteiger partial charge in [0.1, 0.15) is 0 Å². The second-order valence-corrected chi connectivity index (χ2v) is 6.98. The second-order valence-electron chi connectivity index (χ2n) is 5.99. The van der Waals surface area contributed by atoms with Crippen molar-refractivity contribution in [2.45, 2.75) is 52.4 Å². The molecule has 102 valence electrons. The fraction of sp³-hybridized carbons (Fsp3) is 1.00. The summed E-state index contributed by atoms with van der Waals surface area (Å²) in [5.41, 5.74) is 0. The minimum absolute atomic E-state index is 0.786. The highest BCUT2D eigenvalue weighted by molar-refractivity contribution is 7.98. The molecule has 1 fully saturated rings. The molecule has 0 spiro atoms. The predicted octanol–water partition coefficient (Wildman–Crippen LogP) is 4.18. The van der Waals surface area contributed by atoms with E-state index in [0.717, 1.165) is 17.8 Å². The monoisotopic (exact) mass is 257 g/mol. The Balaban J connectivity index is 2.22. The fourth-order valence-electron chi connectivity index (χ4n) is 2.98. The first kappa shape index (κ1) is 15.4. The van der Waals surface area contributed by atoms with E-state index in [2.05, 4.69) is 25.4 Å². The van der Waals surface area contributed by atoms with Crippen molar-refractivity contribution in [3.63, 3.8) is 0 Å². The summed E-state index contributed by atoms with van der Waals surface area (Å²) in [5.74, 6) is 4.11. The molecule has 0 bridgehead atoms. The lowest BCUT2D eigenvalue weighted by Crippen LogP contribution is -2.32. The van der Waals surface area contributed by atoms with Gasteiger partial charge in [0.05, 0.1) is 0 Å². The summed E-state index contributed by atoms with van der Waals surface area (Å²) < 4.78 is 0. The Morgan fingerprint density at radius 3 is 2.53 bits per heavy atom. The van der Waals surface area contributed by atoms with Gasteiger partial charge in [-0.15, -0.1) is 0 Å². The van der Waals surface area contributed by atoms with Gasteiger partial charge in [-0.05, 0) is 62.1 Å². The summed E-state index contributed by atoms with van der Waals surface area (Å²) in [5, 5.41) is 3.67. The third-order valence-corrected chi connectivity index (χ3v) is 4.65. The van der Waals surface area contributed by atoms with Crippen molar-refractivity contribution in [3.05, 3.63) is 0 Å². The standard InChI is InChI=1S/C15H31NS/c1-13(2)11-16-12-15-8-5-4-7-14(15)9-6-10-17-3/h13-16H,4-12H2,1-3H3. The van der Waals surface area contributed by atoms with Crippen molar-refractivity contribution < 1.29 is 0 Å². The topological polar surface area (TPSA) is 12.0 Å². The van der Waals surface area contributed by atoms with E-state index in [1.165, 1.54) is 57.4 Å². The number of nitrogens with one attached hydrogen (secondary N) is 1. The highest BCUT2D eigenvalue weighted by Gasteiger charge is 2.24. The maximum absolute atomic E-state index is 3.67. The molecule has 0 radical (unpaired) electrons. The minimum atomic E-state index is 0.786. The zero-order chi connectivity index (χ0) is 12.5. The van der Waals surface area contributed by atoms with E-state index in [-0.39, 0.29) is 0 Å². The SMILES string of the molecule is CSCCCC1CCCCC1CNCC(C)C. The van der Waals surface area contributed by atoms with Gasteiger partial charge in [-0.2, -0.15) is 11.8 Å². The van der Waals surface area contributed by atoms with Crippen LogP contribution in [0, 0.1) is 17.8 Å². The molecule has 2 heteroatoms. The number of hydrogen-bond donors (Lipinski definition) is 1. The molecule has 1 aliphatic rings. The summed E-state index contributed by atoms with van der Waals surface area (Å²) in [4.78, 5) is 0. The van der Waals surface area contributed by atoms with Crippen LogP contribution in [0.3, 0.4) is 0 Å². The molecule has 17 heavy (non-hydrogen) atoms. The van der Waals surface area contributed by atoms with Gasteiger partial charge in [-0.3, -0.25) is 0 Å². The van der Waals surface area contributed by atoms with Gasteiger partial charge < -0.3 is 5.32 Å².